The van der Waals surface area contributed by atoms with Gasteiger partial charge in [-0.15, -0.1) is 0 Å². The first-order valence-corrected chi connectivity index (χ1v) is 7.57. The molecular formula is C15H32N2. The first-order chi connectivity index (χ1) is 8.10. The van der Waals surface area contributed by atoms with E-state index in [1.165, 1.54) is 38.9 Å². The Morgan fingerprint density at radius 1 is 1.18 bits per heavy atom. The average Bonchev–Trinajstić information content (AvgIpc) is 2.54. The van der Waals surface area contributed by atoms with Crippen LogP contribution < -0.4 is 5.32 Å². The van der Waals surface area contributed by atoms with Gasteiger partial charge in [-0.05, 0) is 37.8 Å². The van der Waals surface area contributed by atoms with Crippen LogP contribution in [-0.2, 0) is 0 Å². The molecule has 0 aromatic carbocycles. The fourth-order valence-electron chi connectivity index (χ4n) is 3.10. The van der Waals surface area contributed by atoms with Crippen LogP contribution in [-0.4, -0.2) is 36.6 Å². The highest BCUT2D eigenvalue weighted by Gasteiger charge is 2.26. The van der Waals surface area contributed by atoms with Crippen molar-refractivity contribution in [3.63, 3.8) is 0 Å². The van der Waals surface area contributed by atoms with Gasteiger partial charge in [-0.3, -0.25) is 4.90 Å². The van der Waals surface area contributed by atoms with Crippen LogP contribution in [0.25, 0.3) is 0 Å². The summed E-state index contributed by atoms with van der Waals surface area (Å²) in [5.41, 5.74) is 0. The third-order valence-electron chi connectivity index (χ3n) is 4.45. The molecule has 17 heavy (non-hydrogen) atoms. The van der Waals surface area contributed by atoms with Crippen molar-refractivity contribution >= 4 is 0 Å². The van der Waals surface area contributed by atoms with Crippen LogP contribution in [0.2, 0.25) is 0 Å². The molecule has 1 aliphatic heterocycles. The number of hydrogen-bond acceptors (Lipinski definition) is 2. The molecule has 3 unspecified atom stereocenters. The van der Waals surface area contributed by atoms with Crippen molar-refractivity contribution in [2.24, 2.45) is 11.8 Å². The second kappa shape index (κ2) is 7.38. The van der Waals surface area contributed by atoms with E-state index in [1.807, 2.05) is 0 Å². The lowest BCUT2D eigenvalue weighted by Gasteiger charge is -2.36. The Balaban J connectivity index is 2.64. The highest BCUT2D eigenvalue weighted by atomic mass is 15.2. The lowest BCUT2D eigenvalue weighted by molar-refractivity contribution is 0.137. The van der Waals surface area contributed by atoms with E-state index in [0.717, 1.165) is 17.9 Å². The molecule has 102 valence electrons. The minimum absolute atomic E-state index is 0.690. The summed E-state index contributed by atoms with van der Waals surface area (Å²) in [7, 11) is 0. The second-order valence-corrected chi connectivity index (χ2v) is 6.01. The molecule has 0 aromatic rings. The topological polar surface area (TPSA) is 15.3 Å². The van der Waals surface area contributed by atoms with Crippen molar-refractivity contribution < 1.29 is 0 Å². The SMILES string of the molecule is CCC(C)C1CN(C(CC)C(C)C)CCCN1. The van der Waals surface area contributed by atoms with E-state index in [0.29, 0.717) is 6.04 Å². The van der Waals surface area contributed by atoms with Crippen molar-refractivity contribution in [2.45, 2.75) is 66.0 Å². The van der Waals surface area contributed by atoms with E-state index >= 15 is 0 Å². The molecule has 2 heteroatoms. The van der Waals surface area contributed by atoms with Crippen molar-refractivity contribution in [3.05, 3.63) is 0 Å². The van der Waals surface area contributed by atoms with Crippen molar-refractivity contribution in [1.82, 2.24) is 10.2 Å². The minimum atomic E-state index is 0.690. The molecule has 1 rings (SSSR count). The third-order valence-corrected chi connectivity index (χ3v) is 4.45. The Labute approximate surface area is 108 Å². The zero-order chi connectivity index (χ0) is 12.8. The Hall–Kier alpha value is -0.0800. The molecular weight excluding hydrogens is 208 g/mol. The summed E-state index contributed by atoms with van der Waals surface area (Å²) >= 11 is 0. The fourth-order valence-corrected chi connectivity index (χ4v) is 3.10. The van der Waals surface area contributed by atoms with Gasteiger partial charge in [-0.2, -0.15) is 0 Å². The fraction of sp³-hybridized carbons (Fsp3) is 1.00. The van der Waals surface area contributed by atoms with Gasteiger partial charge in [-0.25, -0.2) is 0 Å². The number of hydrogen-bond donors (Lipinski definition) is 1. The van der Waals surface area contributed by atoms with Crippen LogP contribution in [0.4, 0.5) is 0 Å². The quantitative estimate of drug-likeness (QED) is 0.794. The average molecular weight is 240 g/mol. The summed E-state index contributed by atoms with van der Waals surface area (Å²) < 4.78 is 0. The molecule has 0 spiro atoms. The molecule has 1 fully saturated rings. The smallest absolute Gasteiger partial charge is 0.0220 e. The van der Waals surface area contributed by atoms with Gasteiger partial charge < -0.3 is 5.32 Å². The van der Waals surface area contributed by atoms with Crippen LogP contribution in [0.1, 0.15) is 53.9 Å². The van der Waals surface area contributed by atoms with Gasteiger partial charge in [0.1, 0.15) is 0 Å². The van der Waals surface area contributed by atoms with Crippen LogP contribution in [0.5, 0.6) is 0 Å². The summed E-state index contributed by atoms with van der Waals surface area (Å²) in [6.45, 7) is 15.5. The second-order valence-electron chi connectivity index (χ2n) is 6.01. The van der Waals surface area contributed by atoms with Gasteiger partial charge in [0.25, 0.3) is 0 Å². The summed E-state index contributed by atoms with van der Waals surface area (Å²) in [5.74, 6) is 1.57. The van der Waals surface area contributed by atoms with E-state index in [1.54, 1.807) is 0 Å². The van der Waals surface area contributed by atoms with Crippen LogP contribution >= 0.6 is 0 Å². The van der Waals surface area contributed by atoms with E-state index in [9.17, 15) is 0 Å². The molecule has 0 bridgehead atoms. The molecule has 1 N–H and O–H groups in total. The molecule has 2 nitrogen and oxygen atoms in total. The largest absolute Gasteiger partial charge is 0.312 e. The highest BCUT2D eigenvalue weighted by Crippen LogP contribution is 2.19. The lowest BCUT2D eigenvalue weighted by Crippen LogP contribution is -2.46. The summed E-state index contributed by atoms with van der Waals surface area (Å²) in [4.78, 5) is 2.74. The van der Waals surface area contributed by atoms with E-state index in [4.69, 9.17) is 0 Å². The molecule has 1 aliphatic rings. The maximum absolute atomic E-state index is 3.74. The van der Waals surface area contributed by atoms with Gasteiger partial charge in [0.05, 0.1) is 0 Å². The molecule has 3 atom stereocenters. The van der Waals surface area contributed by atoms with Gasteiger partial charge in [0.2, 0.25) is 0 Å². The molecule has 0 amide bonds. The van der Waals surface area contributed by atoms with Gasteiger partial charge in [-0.1, -0.05) is 41.0 Å². The third kappa shape index (κ3) is 4.26. The van der Waals surface area contributed by atoms with Crippen LogP contribution in [0, 0.1) is 11.8 Å². The predicted octanol–water partition coefficient (Wildman–Crippen LogP) is 3.13. The standard InChI is InChI=1S/C15H32N2/c1-6-13(5)14-11-17(10-8-9-16-14)15(7-2)12(3)4/h12-16H,6-11H2,1-5H3. The number of nitrogens with zero attached hydrogens (tertiary/aromatic N) is 1. The Bertz CT molecular complexity index is 203. The summed E-state index contributed by atoms with van der Waals surface area (Å²) in [6.07, 6.45) is 3.87. The number of nitrogens with one attached hydrogen (secondary N) is 1. The van der Waals surface area contributed by atoms with E-state index in [2.05, 4.69) is 44.8 Å². The molecule has 0 aliphatic carbocycles. The monoisotopic (exact) mass is 240 g/mol. The molecule has 0 saturated carbocycles. The van der Waals surface area contributed by atoms with Gasteiger partial charge in [0, 0.05) is 18.6 Å². The molecule has 1 heterocycles. The lowest BCUT2D eigenvalue weighted by atomic mass is 9.95. The first kappa shape index (κ1) is 15.0. The Kier molecular flexibility index (Phi) is 6.50. The Morgan fingerprint density at radius 3 is 2.41 bits per heavy atom. The van der Waals surface area contributed by atoms with Crippen LogP contribution in [0.3, 0.4) is 0 Å². The maximum Gasteiger partial charge on any atom is 0.0220 e. The zero-order valence-corrected chi connectivity index (χ0v) is 12.5. The predicted molar refractivity (Wildman–Crippen MR) is 76.4 cm³/mol. The maximum atomic E-state index is 3.74. The Morgan fingerprint density at radius 2 is 1.88 bits per heavy atom. The van der Waals surface area contributed by atoms with Crippen molar-refractivity contribution in [3.8, 4) is 0 Å². The van der Waals surface area contributed by atoms with E-state index in [-0.39, 0.29) is 0 Å². The van der Waals surface area contributed by atoms with Crippen molar-refractivity contribution in [2.75, 3.05) is 19.6 Å². The minimum Gasteiger partial charge on any atom is -0.312 e. The molecule has 0 radical (unpaired) electrons. The molecule has 0 aromatic heterocycles. The number of rotatable bonds is 5. The first-order valence-electron chi connectivity index (χ1n) is 7.57. The van der Waals surface area contributed by atoms with Gasteiger partial charge >= 0.3 is 0 Å². The summed E-state index contributed by atoms with van der Waals surface area (Å²) in [5, 5.41) is 3.74. The van der Waals surface area contributed by atoms with Crippen molar-refractivity contribution in [1.29, 1.82) is 0 Å². The zero-order valence-electron chi connectivity index (χ0n) is 12.5. The summed E-state index contributed by atoms with van der Waals surface area (Å²) in [6, 6.07) is 1.46. The van der Waals surface area contributed by atoms with Crippen LogP contribution in [0.15, 0.2) is 0 Å². The highest BCUT2D eigenvalue weighted by molar-refractivity contribution is 4.84. The molecule has 1 saturated heterocycles. The van der Waals surface area contributed by atoms with E-state index < -0.39 is 0 Å². The normalized spacial score (nSPS) is 26.8. The van der Waals surface area contributed by atoms with Gasteiger partial charge in [0.15, 0.2) is 0 Å².